The molecule has 0 saturated carbocycles. The second kappa shape index (κ2) is 9.41. The standard InChI is InChI=1S/C25H26FN5OS/c1-3-20-14-21-24(28-23(29-25(21)33-20)17-5-4-8-27-15-17)31-11-9-30(10-12-31)16-18-13-19(26)6-7-22(18)32-2/h4-8,13-15H,3,9-12,16H2,1-2H3. The number of halogens is 1. The van der Waals surface area contributed by atoms with Crippen molar-refractivity contribution in [3.8, 4) is 17.1 Å². The average Bonchev–Trinajstić information content (AvgIpc) is 3.28. The van der Waals surface area contributed by atoms with Gasteiger partial charge in [0, 0.05) is 61.1 Å². The van der Waals surface area contributed by atoms with E-state index in [1.165, 1.54) is 10.9 Å². The molecule has 1 aliphatic rings. The highest BCUT2D eigenvalue weighted by Crippen LogP contribution is 2.34. The summed E-state index contributed by atoms with van der Waals surface area (Å²) >= 11 is 1.73. The molecule has 4 heterocycles. The van der Waals surface area contributed by atoms with Crippen LogP contribution in [0.5, 0.6) is 5.75 Å². The summed E-state index contributed by atoms with van der Waals surface area (Å²) in [5, 5.41) is 1.12. The van der Waals surface area contributed by atoms with Gasteiger partial charge in [-0.05, 0) is 42.8 Å². The summed E-state index contributed by atoms with van der Waals surface area (Å²) in [7, 11) is 1.63. The van der Waals surface area contributed by atoms with Gasteiger partial charge >= 0.3 is 0 Å². The van der Waals surface area contributed by atoms with Crippen LogP contribution in [0, 0.1) is 5.82 Å². The molecule has 0 atom stereocenters. The van der Waals surface area contributed by atoms with Crippen LogP contribution in [0.3, 0.4) is 0 Å². The number of ether oxygens (including phenoxy) is 1. The van der Waals surface area contributed by atoms with Crippen molar-refractivity contribution in [2.75, 3.05) is 38.2 Å². The highest BCUT2D eigenvalue weighted by Gasteiger charge is 2.23. The predicted molar refractivity (Wildman–Crippen MR) is 130 cm³/mol. The maximum atomic E-state index is 13.8. The highest BCUT2D eigenvalue weighted by atomic mass is 32.1. The molecule has 1 fully saturated rings. The van der Waals surface area contributed by atoms with Gasteiger partial charge in [0.15, 0.2) is 5.82 Å². The zero-order chi connectivity index (χ0) is 22.8. The van der Waals surface area contributed by atoms with Crippen molar-refractivity contribution in [1.29, 1.82) is 0 Å². The van der Waals surface area contributed by atoms with Crippen molar-refractivity contribution in [3.05, 3.63) is 65.0 Å². The van der Waals surface area contributed by atoms with Crippen LogP contribution in [0.1, 0.15) is 17.4 Å². The van der Waals surface area contributed by atoms with Gasteiger partial charge in [-0.2, -0.15) is 0 Å². The number of aryl methyl sites for hydroxylation is 1. The molecule has 1 aromatic carbocycles. The van der Waals surface area contributed by atoms with E-state index in [1.807, 2.05) is 18.3 Å². The van der Waals surface area contributed by atoms with E-state index in [0.29, 0.717) is 12.4 Å². The summed E-state index contributed by atoms with van der Waals surface area (Å²) in [6.07, 6.45) is 4.55. The first-order valence-corrected chi connectivity index (χ1v) is 12.0. The zero-order valence-electron chi connectivity index (χ0n) is 18.8. The lowest BCUT2D eigenvalue weighted by Crippen LogP contribution is -2.46. The van der Waals surface area contributed by atoms with E-state index in [4.69, 9.17) is 14.7 Å². The summed E-state index contributed by atoms with van der Waals surface area (Å²) in [6.45, 7) is 6.23. The third-order valence-corrected chi connectivity index (χ3v) is 7.17. The van der Waals surface area contributed by atoms with Crippen LogP contribution in [0.25, 0.3) is 21.6 Å². The lowest BCUT2D eigenvalue weighted by Gasteiger charge is -2.36. The van der Waals surface area contributed by atoms with Gasteiger partial charge in [-0.3, -0.25) is 9.88 Å². The molecule has 0 spiro atoms. The van der Waals surface area contributed by atoms with Gasteiger partial charge in [0.1, 0.15) is 22.2 Å². The Labute approximate surface area is 196 Å². The Kier molecular flexibility index (Phi) is 6.20. The van der Waals surface area contributed by atoms with Crippen molar-refractivity contribution >= 4 is 27.4 Å². The van der Waals surface area contributed by atoms with Gasteiger partial charge in [0.2, 0.25) is 0 Å². The molecular formula is C25H26FN5OS. The molecule has 33 heavy (non-hydrogen) atoms. The number of rotatable bonds is 6. The van der Waals surface area contributed by atoms with Gasteiger partial charge in [-0.15, -0.1) is 11.3 Å². The third-order valence-electron chi connectivity index (χ3n) is 6.00. The van der Waals surface area contributed by atoms with Crippen LogP contribution in [0.2, 0.25) is 0 Å². The fourth-order valence-corrected chi connectivity index (χ4v) is 5.19. The van der Waals surface area contributed by atoms with Gasteiger partial charge in [0.25, 0.3) is 0 Å². The quantitative estimate of drug-likeness (QED) is 0.410. The second-order valence-corrected chi connectivity index (χ2v) is 9.23. The monoisotopic (exact) mass is 463 g/mol. The molecule has 0 amide bonds. The Balaban J connectivity index is 1.40. The normalized spacial score (nSPS) is 14.7. The average molecular weight is 464 g/mol. The molecule has 0 radical (unpaired) electrons. The number of piperazine rings is 1. The Morgan fingerprint density at radius 1 is 1.09 bits per heavy atom. The zero-order valence-corrected chi connectivity index (χ0v) is 19.6. The SMILES string of the molecule is CCc1cc2c(N3CCN(Cc4cc(F)ccc4OC)CC3)nc(-c3cccnc3)nc2s1. The van der Waals surface area contributed by atoms with E-state index in [1.54, 1.807) is 36.8 Å². The van der Waals surface area contributed by atoms with Crippen molar-refractivity contribution in [1.82, 2.24) is 19.9 Å². The highest BCUT2D eigenvalue weighted by molar-refractivity contribution is 7.18. The van der Waals surface area contributed by atoms with Crippen LogP contribution in [0.4, 0.5) is 10.2 Å². The fourth-order valence-electron chi connectivity index (χ4n) is 4.23. The van der Waals surface area contributed by atoms with Crippen LogP contribution in [-0.2, 0) is 13.0 Å². The third kappa shape index (κ3) is 4.54. The van der Waals surface area contributed by atoms with Crippen molar-refractivity contribution in [2.45, 2.75) is 19.9 Å². The Morgan fingerprint density at radius 3 is 2.67 bits per heavy atom. The molecule has 0 aliphatic carbocycles. The molecule has 8 heteroatoms. The molecule has 1 saturated heterocycles. The summed E-state index contributed by atoms with van der Waals surface area (Å²) < 4.78 is 19.2. The van der Waals surface area contributed by atoms with Crippen molar-refractivity contribution in [3.63, 3.8) is 0 Å². The van der Waals surface area contributed by atoms with Gasteiger partial charge in [-0.25, -0.2) is 14.4 Å². The molecule has 0 unspecified atom stereocenters. The van der Waals surface area contributed by atoms with Gasteiger partial charge in [-0.1, -0.05) is 6.92 Å². The molecule has 4 aromatic rings. The first kappa shape index (κ1) is 21.7. The summed E-state index contributed by atoms with van der Waals surface area (Å²) in [6, 6.07) is 10.8. The molecule has 170 valence electrons. The van der Waals surface area contributed by atoms with Crippen molar-refractivity contribution < 1.29 is 9.13 Å². The minimum atomic E-state index is -0.236. The molecule has 6 nitrogen and oxygen atoms in total. The molecule has 1 aliphatic heterocycles. The van der Waals surface area contributed by atoms with Crippen LogP contribution in [0.15, 0.2) is 48.8 Å². The number of thiophene rings is 1. The first-order chi connectivity index (χ1) is 16.1. The largest absolute Gasteiger partial charge is 0.496 e. The minimum Gasteiger partial charge on any atom is -0.496 e. The lowest BCUT2D eigenvalue weighted by atomic mass is 10.1. The van der Waals surface area contributed by atoms with Gasteiger partial charge < -0.3 is 9.64 Å². The Bertz CT molecular complexity index is 1250. The number of benzene rings is 1. The molecule has 5 rings (SSSR count). The van der Waals surface area contributed by atoms with E-state index >= 15 is 0 Å². The fraction of sp³-hybridized carbons (Fsp3) is 0.320. The van der Waals surface area contributed by atoms with Crippen molar-refractivity contribution in [2.24, 2.45) is 0 Å². The maximum Gasteiger partial charge on any atom is 0.164 e. The molecule has 0 N–H and O–H groups in total. The first-order valence-electron chi connectivity index (χ1n) is 11.1. The van der Waals surface area contributed by atoms with E-state index in [-0.39, 0.29) is 5.82 Å². The number of pyridine rings is 1. The number of nitrogens with zero attached hydrogens (tertiary/aromatic N) is 5. The van der Waals surface area contributed by atoms with E-state index in [0.717, 1.165) is 65.5 Å². The maximum absolute atomic E-state index is 13.8. The summed E-state index contributed by atoms with van der Waals surface area (Å²) in [5.74, 6) is 2.18. The minimum absolute atomic E-state index is 0.236. The van der Waals surface area contributed by atoms with E-state index < -0.39 is 0 Å². The number of methoxy groups -OCH3 is 1. The van der Waals surface area contributed by atoms with Crippen LogP contribution < -0.4 is 9.64 Å². The van der Waals surface area contributed by atoms with E-state index in [9.17, 15) is 4.39 Å². The lowest BCUT2D eigenvalue weighted by molar-refractivity contribution is 0.245. The van der Waals surface area contributed by atoms with Crippen LogP contribution in [-0.4, -0.2) is 53.1 Å². The molecule has 0 bridgehead atoms. The van der Waals surface area contributed by atoms with Gasteiger partial charge in [0.05, 0.1) is 12.5 Å². The predicted octanol–water partition coefficient (Wildman–Crippen LogP) is 4.79. The molecular weight excluding hydrogens is 437 g/mol. The molecule has 3 aromatic heterocycles. The summed E-state index contributed by atoms with van der Waals surface area (Å²) in [4.78, 5) is 21.1. The number of aromatic nitrogens is 3. The second-order valence-electron chi connectivity index (χ2n) is 8.12. The Morgan fingerprint density at radius 2 is 1.94 bits per heavy atom. The Hall–Kier alpha value is -3.10. The number of hydrogen-bond donors (Lipinski definition) is 0. The van der Waals surface area contributed by atoms with Crippen LogP contribution >= 0.6 is 11.3 Å². The number of anilines is 1. The number of fused-ring (bicyclic) bond motifs is 1. The topological polar surface area (TPSA) is 54.4 Å². The van der Waals surface area contributed by atoms with E-state index in [2.05, 4.69) is 27.8 Å². The number of hydrogen-bond acceptors (Lipinski definition) is 7. The smallest absolute Gasteiger partial charge is 0.164 e. The summed E-state index contributed by atoms with van der Waals surface area (Å²) in [5.41, 5.74) is 1.79.